The molecule has 0 saturated heterocycles. The van der Waals surface area contributed by atoms with Gasteiger partial charge in [0.25, 0.3) is 0 Å². The first kappa shape index (κ1) is 10.5. The van der Waals surface area contributed by atoms with Crippen LogP contribution in [0.25, 0.3) is 0 Å². The van der Waals surface area contributed by atoms with Crippen molar-refractivity contribution in [2.24, 2.45) is 0 Å². The van der Waals surface area contributed by atoms with Crippen molar-refractivity contribution < 1.29 is 0 Å². The Kier molecular flexibility index (Phi) is 2.67. The van der Waals surface area contributed by atoms with Gasteiger partial charge in [-0.2, -0.15) is 0 Å². The zero-order valence-corrected chi connectivity index (χ0v) is 9.88. The summed E-state index contributed by atoms with van der Waals surface area (Å²) in [6, 6.07) is 4.26. The second kappa shape index (κ2) is 3.30. The van der Waals surface area contributed by atoms with Gasteiger partial charge in [-0.25, -0.2) is 0 Å². The normalized spacial score (nSPS) is 11.8. The predicted molar refractivity (Wildman–Crippen MR) is 60.5 cm³/mol. The molecular weight excluding hydrogens is 176 g/mol. The van der Waals surface area contributed by atoms with Crippen LogP contribution in [0.2, 0.25) is 0 Å². The second-order valence-corrected chi connectivity index (χ2v) is 5.06. The summed E-state index contributed by atoms with van der Waals surface area (Å²) in [6.45, 7) is 10.9. The zero-order valence-electron chi connectivity index (χ0n) is 9.06. The van der Waals surface area contributed by atoms with Crippen molar-refractivity contribution in [2.45, 2.75) is 44.9 Å². The fourth-order valence-electron chi connectivity index (χ4n) is 1.72. The minimum Gasteiger partial charge on any atom is -0.0795 e. The average Bonchev–Trinajstić information content (AvgIpc) is 1.95. The summed E-state index contributed by atoms with van der Waals surface area (Å²) < 4.78 is 0. The van der Waals surface area contributed by atoms with Crippen molar-refractivity contribution in [3.8, 4) is 0 Å². The maximum atomic E-state index is 5.43. The Balaban J connectivity index is 3.43. The molecule has 0 saturated carbocycles. The fraction of sp³-hybridized carbons (Fsp3) is 0.500. The first-order chi connectivity index (χ1) is 5.84. The summed E-state index contributed by atoms with van der Waals surface area (Å²) in [5.74, 6) is 0. The van der Waals surface area contributed by atoms with Gasteiger partial charge in [0.1, 0.15) is 0 Å². The maximum absolute atomic E-state index is 5.43. The van der Waals surface area contributed by atoms with Gasteiger partial charge in [0.05, 0.1) is 0 Å². The second-order valence-electron chi connectivity index (χ2n) is 4.65. The Hall–Kier alpha value is -0.560. The highest BCUT2D eigenvalue weighted by atomic mass is 32.1. The first-order valence-electron chi connectivity index (χ1n) is 4.61. The Morgan fingerprint density at radius 1 is 1.00 bits per heavy atom. The number of rotatable bonds is 0. The molecule has 0 bridgehead atoms. The fourth-order valence-corrected chi connectivity index (χ4v) is 2.25. The van der Waals surface area contributed by atoms with E-state index in [-0.39, 0.29) is 5.41 Å². The van der Waals surface area contributed by atoms with Crippen LogP contribution >= 0.6 is 12.6 Å². The lowest BCUT2D eigenvalue weighted by molar-refractivity contribution is 0.572. The lowest BCUT2D eigenvalue weighted by Gasteiger charge is -2.24. The van der Waals surface area contributed by atoms with Gasteiger partial charge in [-0.3, -0.25) is 0 Å². The molecule has 1 aromatic rings. The van der Waals surface area contributed by atoms with Gasteiger partial charge in [-0.05, 0) is 36.0 Å². The number of hydrogen-bond donors (Lipinski definition) is 0. The predicted octanol–water partition coefficient (Wildman–Crippen LogP) is 4.16. The monoisotopic (exact) mass is 193 g/mol. The van der Waals surface area contributed by atoms with Gasteiger partial charge in [-0.1, -0.05) is 45.5 Å². The highest BCUT2D eigenvalue weighted by molar-refractivity contribution is 7.80. The summed E-state index contributed by atoms with van der Waals surface area (Å²) in [5, 5.41) is 0. The molecule has 0 amide bonds. The molecule has 0 fully saturated rings. The van der Waals surface area contributed by atoms with Crippen LogP contribution in [0, 0.1) is 13.8 Å². The highest BCUT2D eigenvalue weighted by Crippen LogP contribution is 2.32. The first-order valence-corrected chi connectivity index (χ1v) is 5.02. The molecule has 1 rings (SSSR count). The van der Waals surface area contributed by atoms with Crippen LogP contribution in [0.1, 0.15) is 37.5 Å². The third kappa shape index (κ3) is 2.02. The molecule has 71 valence electrons. The van der Waals surface area contributed by atoms with Crippen LogP contribution < -0.4 is 0 Å². The van der Waals surface area contributed by atoms with E-state index < -0.39 is 0 Å². The van der Waals surface area contributed by atoms with Gasteiger partial charge in [0.2, 0.25) is 0 Å². The molecular formula is C12H17S. The molecule has 0 aliphatic heterocycles. The molecule has 0 spiro atoms. The van der Waals surface area contributed by atoms with E-state index in [9.17, 15) is 0 Å². The number of aryl methyl sites for hydroxylation is 2. The molecule has 0 nitrogen and oxygen atoms in total. The van der Waals surface area contributed by atoms with E-state index in [0.717, 1.165) is 4.90 Å². The molecule has 0 heterocycles. The van der Waals surface area contributed by atoms with E-state index in [1.54, 1.807) is 0 Å². The van der Waals surface area contributed by atoms with Gasteiger partial charge in [-0.15, -0.1) is 0 Å². The van der Waals surface area contributed by atoms with E-state index in [1.807, 2.05) is 0 Å². The van der Waals surface area contributed by atoms with E-state index in [4.69, 9.17) is 12.6 Å². The van der Waals surface area contributed by atoms with E-state index in [0.29, 0.717) is 0 Å². The summed E-state index contributed by atoms with van der Waals surface area (Å²) in [7, 11) is 0. The van der Waals surface area contributed by atoms with Crippen LogP contribution in [-0.2, 0) is 5.41 Å². The molecule has 13 heavy (non-hydrogen) atoms. The molecule has 0 atom stereocenters. The standard InChI is InChI=1S/C12H17S/c1-8-6-7-9(2)11(13)10(8)12(3,4)5/h6-7H,1-5H3. The topological polar surface area (TPSA) is 0 Å². The molecule has 1 heteroatoms. The van der Waals surface area contributed by atoms with Gasteiger partial charge < -0.3 is 0 Å². The molecule has 0 unspecified atom stereocenters. The van der Waals surface area contributed by atoms with E-state index >= 15 is 0 Å². The van der Waals surface area contributed by atoms with Crippen molar-refractivity contribution >= 4 is 12.6 Å². The van der Waals surface area contributed by atoms with Crippen LogP contribution in [0.5, 0.6) is 0 Å². The SMILES string of the molecule is Cc1ccc(C)c(C(C)(C)C)c1[S]. The zero-order chi connectivity index (χ0) is 10.2. The number of hydrogen-bond acceptors (Lipinski definition) is 0. The molecule has 1 aromatic carbocycles. The third-order valence-corrected chi connectivity index (χ3v) is 2.84. The summed E-state index contributed by atoms with van der Waals surface area (Å²) in [6.07, 6.45) is 0. The van der Waals surface area contributed by atoms with Gasteiger partial charge in [0.15, 0.2) is 0 Å². The highest BCUT2D eigenvalue weighted by Gasteiger charge is 2.20. The Morgan fingerprint density at radius 3 is 1.85 bits per heavy atom. The van der Waals surface area contributed by atoms with Crippen LogP contribution in [0.3, 0.4) is 0 Å². The van der Waals surface area contributed by atoms with Gasteiger partial charge >= 0.3 is 0 Å². The van der Waals surface area contributed by atoms with Gasteiger partial charge in [0, 0.05) is 4.90 Å². The van der Waals surface area contributed by atoms with Crippen LogP contribution in [0.4, 0.5) is 0 Å². The smallest absolute Gasteiger partial charge is 0.0446 e. The van der Waals surface area contributed by atoms with Crippen LogP contribution in [-0.4, -0.2) is 0 Å². The lowest BCUT2D eigenvalue weighted by Crippen LogP contribution is -2.14. The summed E-state index contributed by atoms with van der Waals surface area (Å²) >= 11 is 5.43. The summed E-state index contributed by atoms with van der Waals surface area (Å²) in [5.41, 5.74) is 4.00. The minimum absolute atomic E-state index is 0.160. The van der Waals surface area contributed by atoms with Crippen molar-refractivity contribution in [1.29, 1.82) is 0 Å². The molecule has 0 N–H and O–H groups in total. The quantitative estimate of drug-likeness (QED) is 0.580. The molecule has 0 aromatic heterocycles. The Bertz CT molecular complexity index is 319. The minimum atomic E-state index is 0.160. The van der Waals surface area contributed by atoms with Crippen LogP contribution in [0.15, 0.2) is 17.0 Å². The largest absolute Gasteiger partial charge is 0.0795 e. The molecule has 0 aliphatic rings. The molecule has 0 aliphatic carbocycles. The third-order valence-electron chi connectivity index (χ3n) is 2.31. The van der Waals surface area contributed by atoms with E-state index in [2.05, 4.69) is 46.8 Å². The summed E-state index contributed by atoms with van der Waals surface area (Å²) in [4.78, 5) is 1.03. The van der Waals surface area contributed by atoms with Crippen molar-refractivity contribution in [1.82, 2.24) is 0 Å². The number of benzene rings is 1. The molecule has 1 radical (unpaired) electrons. The van der Waals surface area contributed by atoms with Crippen molar-refractivity contribution in [3.05, 3.63) is 28.8 Å². The Labute approximate surface area is 86.8 Å². The lowest BCUT2D eigenvalue weighted by atomic mass is 9.83. The average molecular weight is 193 g/mol. The van der Waals surface area contributed by atoms with Crippen molar-refractivity contribution in [2.75, 3.05) is 0 Å². The maximum Gasteiger partial charge on any atom is 0.0446 e. The van der Waals surface area contributed by atoms with Crippen molar-refractivity contribution in [3.63, 3.8) is 0 Å². The van der Waals surface area contributed by atoms with E-state index in [1.165, 1.54) is 16.7 Å². The Morgan fingerprint density at radius 2 is 1.46 bits per heavy atom.